The van der Waals surface area contributed by atoms with Crippen molar-refractivity contribution in [1.82, 2.24) is 4.90 Å². The molecule has 2 heterocycles. The predicted molar refractivity (Wildman–Crippen MR) is 85.6 cm³/mol. The van der Waals surface area contributed by atoms with E-state index in [1.165, 1.54) is 4.90 Å². The average molecular weight is 332 g/mol. The minimum absolute atomic E-state index is 0.0311. The molecule has 1 aromatic carbocycles. The SMILES string of the molecule is Cc1ccc(N2C[C@@H](C(=O)N3CCO[C@@H](C(=O)O)C3)CC2=O)cc1. The molecule has 1 N–H and O–H groups in total. The van der Waals surface area contributed by atoms with Crippen LogP contribution < -0.4 is 4.90 Å². The molecule has 2 atom stereocenters. The van der Waals surface area contributed by atoms with Gasteiger partial charge in [-0.2, -0.15) is 0 Å². The van der Waals surface area contributed by atoms with E-state index in [2.05, 4.69) is 0 Å². The number of carbonyl (C=O) groups is 3. The third kappa shape index (κ3) is 3.26. The second-order valence-electron chi connectivity index (χ2n) is 6.22. The van der Waals surface area contributed by atoms with Gasteiger partial charge in [-0.3, -0.25) is 9.59 Å². The molecule has 2 aliphatic heterocycles. The Bertz CT molecular complexity index is 657. The average Bonchev–Trinajstić information content (AvgIpc) is 2.97. The van der Waals surface area contributed by atoms with Crippen LogP contribution in [0.5, 0.6) is 0 Å². The van der Waals surface area contributed by atoms with Gasteiger partial charge in [-0.15, -0.1) is 0 Å². The zero-order valence-electron chi connectivity index (χ0n) is 13.5. The molecule has 0 aromatic heterocycles. The molecule has 0 bridgehead atoms. The van der Waals surface area contributed by atoms with Crippen molar-refractivity contribution in [2.75, 3.05) is 31.1 Å². The summed E-state index contributed by atoms with van der Waals surface area (Å²) in [6, 6.07) is 7.60. The first kappa shape index (κ1) is 16.4. The molecule has 2 aliphatic rings. The minimum Gasteiger partial charge on any atom is -0.479 e. The van der Waals surface area contributed by atoms with Crippen LogP contribution in [0.4, 0.5) is 5.69 Å². The number of amides is 2. The van der Waals surface area contributed by atoms with Crippen LogP contribution in [0, 0.1) is 12.8 Å². The molecule has 2 saturated heterocycles. The van der Waals surface area contributed by atoms with Crippen LogP contribution in [0.2, 0.25) is 0 Å². The number of hydrogen-bond acceptors (Lipinski definition) is 4. The lowest BCUT2D eigenvalue weighted by atomic mass is 10.1. The molecule has 128 valence electrons. The standard InChI is InChI=1S/C17H20N2O5/c1-11-2-4-13(5-3-11)19-9-12(8-15(19)20)16(21)18-6-7-24-14(10-18)17(22)23/h2-5,12,14H,6-10H2,1H3,(H,22,23)/t12-,14+/m0/s1. The van der Waals surface area contributed by atoms with Gasteiger partial charge in [-0.1, -0.05) is 17.7 Å². The van der Waals surface area contributed by atoms with Gasteiger partial charge in [-0.25, -0.2) is 4.79 Å². The predicted octanol–water partition coefficient (Wildman–Crippen LogP) is 0.660. The van der Waals surface area contributed by atoms with Gasteiger partial charge in [0.05, 0.1) is 19.1 Å². The zero-order valence-corrected chi connectivity index (χ0v) is 13.5. The van der Waals surface area contributed by atoms with E-state index in [0.29, 0.717) is 13.1 Å². The highest BCUT2D eigenvalue weighted by atomic mass is 16.5. The van der Waals surface area contributed by atoms with Gasteiger partial charge in [0.2, 0.25) is 11.8 Å². The molecular weight excluding hydrogens is 312 g/mol. The van der Waals surface area contributed by atoms with E-state index in [-0.39, 0.29) is 31.4 Å². The minimum atomic E-state index is -1.07. The number of nitrogens with zero attached hydrogens (tertiary/aromatic N) is 2. The van der Waals surface area contributed by atoms with Crippen LogP contribution >= 0.6 is 0 Å². The fraction of sp³-hybridized carbons (Fsp3) is 0.471. The lowest BCUT2D eigenvalue weighted by molar-refractivity contribution is -0.160. The van der Waals surface area contributed by atoms with Crippen LogP contribution in [0.1, 0.15) is 12.0 Å². The molecule has 0 aliphatic carbocycles. The van der Waals surface area contributed by atoms with Crippen LogP contribution in [-0.4, -0.2) is 60.1 Å². The Morgan fingerprint density at radius 2 is 1.92 bits per heavy atom. The summed E-state index contributed by atoms with van der Waals surface area (Å²) in [4.78, 5) is 39.1. The summed E-state index contributed by atoms with van der Waals surface area (Å²) in [6.07, 6.45) is -0.838. The van der Waals surface area contributed by atoms with Gasteiger partial charge in [0.25, 0.3) is 0 Å². The number of hydrogen-bond donors (Lipinski definition) is 1. The maximum atomic E-state index is 12.6. The Kier molecular flexibility index (Phi) is 4.53. The molecular formula is C17H20N2O5. The fourth-order valence-corrected chi connectivity index (χ4v) is 3.10. The van der Waals surface area contributed by atoms with E-state index >= 15 is 0 Å². The summed E-state index contributed by atoms with van der Waals surface area (Å²) in [5, 5.41) is 9.03. The Hall–Kier alpha value is -2.41. The molecule has 0 radical (unpaired) electrons. The van der Waals surface area contributed by atoms with E-state index < -0.39 is 18.0 Å². The van der Waals surface area contributed by atoms with Crippen molar-refractivity contribution >= 4 is 23.5 Å². The Labute approximate surface area is 139 Å². The molecule has 2 amide bonds. The maximum absolute atomic E-state index is 12.6. The van der Waals surface area contributed by atoms with E-state index in [9.17, 15) is 14.4 Å². The van der Waals surface area contributed by atoms with Gasteiger partial charge < -0.3 is 19.6 Å². The molecule has 7 heteroatoms. The van der Waals surface area contributed by atoms with Gasteiger partial charge in [0.1, 0.15) is 0 Å². The number of carboxylic acid groups (broad SMARTS) is 1. The second-order valence-corrected chi connectivity index (χ2v) is 6.22. The molecule has 0 unspecified atom stereocenters. The molecule has 1 aromatic rings. The number of morpholine rings is 1. The molecule has 0 spiro atoms. The Morgan fingerprint density at radius 3 is 2.58 bits per heavy atom. The van der Waals surface area contributed by atoms with Crippen molar-refractivity contribution in [2.24, 2.45) is 5.92 Å². The summed E-state index contributed by atoms with van der Waals surface area (Å²) in [7, 11) is 0. The molecule has 2 fully saturated rings. The zero-order chi connectivity index (χ0) is 17.3. The first-order valence-electron chi connectivity index (χ1n) is 7.96. The third-order valence-electron chi connectivity index (χ3n) is 4.47. The fourth-order valence-electron chi connectivity index (χ4n) is 3.10. The number of rotatable bonds is 3. The first-order valence-corrected chi connectivity index (χ1v) is 7.96. The number of anilines is 1. The van der Waals surface area contributed by atoms with Gasteiger partial charge in [0.15, 0.2) is 6.10 Å². The van der Waals surface area contributed by atoms with Crippen molar-refractivity contribution in [2.45, 2.75) is 19.4 Å². The number of carboxylic acids is 1. The van der Waals surface area contributed by atoms with Gasteiger partial charge in [-0.05, 0) is 19.1 Å². The quantitative estimate of drug-likeness (QED) is 0.879. The maximum Gasteiger partial charge on any atom is 0.334 e. The smallest absolute Gasteiger partial charge is 0.334 e. The molecule has 24 heavy (non-hydrogen) atoms. The van der Waals surface area contributed by atoms with Crippen molar-refractivity contribution in [1.29, 1.82) is 0 Å². The summed E-state index contributed by atoms with van der Waals surface area (Å²) >= 11 is 0. The lowest BCUT2D eigenvalue weighted by Crippen LogP contribution is -2.50. The Balaban J connectivity index is 1.67. The van der Waals surface area contributed by atoms with E-state index in [0.717, 1.165) is 11.3 Å². The summed E-state index contributed by atoms with van der Waals surface area (Å²) < 4.78 is 5.13. The van der Waals surface area contributed by atoms with E-state index in [1.807, 2.05) is 31.2 Å². The monoisotopic (exact) mass is 332 g/mol. The van der Waals surface area contributed by atoms with E-state index in [4.69, 9.17) is 9.84 Å². The number of aliphatic carboxylic acids is 1. The number of benzene rings is 1. The number of carbonyl (C=O) groups excluding carboxylic acids is 2. The van der Waals surface area contributed by atoms with Gasteiger partial charge in [0, 0.05) is 25.2 Å². The Morgan fingerprint density at radius 1 is 1.21 bits per heavy atom. The molecule has 3 rings (SSSR count). The lowest BCUT2D eigenvalue weighted by Gasteiger charge is -2.32. The first-order chi connectivity index (χ1) is 11.5. The summed E-state index contributed by atoms with van der Waals surface area (Å²) in [5.41, 5.74) is 1.89. The number of aryl methyl sites for hydroxylation is 1. The number of ether oxygens (including phenoxy) is 1. The van der Waals surface area contributed by atoms with Crippen LogP contribution in [-0.2, 0) is 19.1 Å². The summed E-state index contributed by atoms with van der Waals surface area (Å²) in [5.74, 6) is -1.77. The third-order valence-corrected chi connectivity index (χ3v) is 4.47. The second kappa shape index (κ2) is 6.60. The van der Waals surface area contributed by atoms with Crippen LogP contribution in [0.3, 0.4) is 0 Å². The largest absolute Gasteiger partial charge is 0.479 e. The van der Waals surface area contributed by atoms with E-state index in [1.54, 1.807) is 4.90 Å². The van der Waals surface area contributed by atoms with Gasteiger partial charge >= 0.3 is 5.97 Å². The molecule has 0 saturated carbocycles. The molecule has 7 nitrogen and oxygen atoms in total. The van der Waals surface area contributed by atoms with Crippen molar-refractivity contribution in [3.05, 3.63) is 29.8 Å². The van der Waals surface area contributed by atoms with Crippen LogP contribution in [0.25, 0.3) is 0 Å². The highest BCUT2D eigenvalue weighted by Gasteiger charge is 2.39. The highest BCUT2D eigenvalue weighted by Crippen LogP contribution is 2.27. The van der Waals surface area contributed by atoms with Crippen molar-refractivity contribution in [3.63, 3.8) is 0 Å². The topological polar surface area (TPSA) is 87.2 Å². The van der Waals surface area contributed by atoms with Crippen molar-refractivity contribution < 1.29 is 24.2 Å². The highest BCUT2D eigenvalue weighted by molar-refractivity contribution is 6.00. The van der Waals surface area contributed by atoms with Crippen LogP contribution in [0.15, 0.2) is 24.3 Å². The normalized spacial score (nSPS) is 24.3. The van der Waals surface area contributed by atoms with Crippen molar-refractivity contribution in [3.8, 4) is 0 Å². The summed E-state index contributed by atoms with van der Waals surface area (Å²) in [6.45, 7) is 2.89.